The number of halogens is 6. The first-order valence-electron chi connectivity index (χ1n) is 9.81. The largest absolute Gasteiger partial charge is 0.573 e. The molecule has 2 atom stereocenters. The molecular weight excluding hydrogens is 440 g/mol. The Bertz CT molecular complexity index is 926. The maximum absolute atomic E-state index is 13.2. The van der Waals surface area contributed by atoms with Crippen LogP contribution in [0.15, 0.2) is 48.5 Å². The predicted molar refractivity (Wildman–Crippen MR) is 104 cm³/mol. The molecule has 0 saturated carbocycles. The number of rotatable bonds is 7. The summed E-state index contributed by atoms with van der Waals surface area (Å²) in [6.07, 6.45) is -9.32. The minimum atomic E-state index is -4.84. The molecule has 0 N–H and O–H groups in total. The Morgan fingerprint density at radius 3 is 2.28 bits per heavy atom. The number of ketones is 1. The van der Waals surface area contributed by atoms with E-state index in [0.717, 1.165) is 0 Å². The standard InChI is InChI=1S/C22H21F6NO3/c1-14(30)10-18-11-16(21(23,24)25)12-29(18)17-6-8-19(9-7-17)31-13-15-4-2-3-5-20(15)32-22(26,27)28/h2-9,16,18H,10-13H2,1H3. The fraction of sp³-hybridized carbons (Fsp3) is 0.409. The van der Waals surface area contributed by atoms with Gasteiger partial charge in [0.1, 0.15) is 23.9 Å². The highest BCUT2D eigenvalue weighted by molar-refractivity contribution is 5.77. The van der Waals surface area contributed by atoms with Crippen molar-refractivity contribution in [2.24, 2.45) is 5.92 Å². The zero-order chi connectivity index (χ0) is 23.5. The predicted octanol–water partition coefficient (Wildman–Crippen LogP) is 5.90. The number of anilines is 1. The van der Waals surface area contributed by atoms with Crippen LogP contribution in [-0.2, 0) is 11.4 Å². The third-order valence-corrected chi connectivity index (χ3v) is 5.16. The van der Waals surface area contributed by atoms with E-state index in [1.807, 2.05) is 0 Å². The molecule has 1 saturated heterocycles. The van der Waals surface area contributed by atoms with E-state index in [-0.39, 0.29) is 43.1 Å². The van der Waals surface area contributed by atoms with Gasteiger partial charge in [0.25, 0.3) is 0 Å². The van der Waals surface area contributed by atoms with Crippen molar-refractivity contribution in [1.82, 2.24) is 0 Å². The highest BCUT2D eigenvalue weighted by Crippen LogP contribution is 2.40. The van der Waals surface area contributed by atoms with Crippen molar-refractivity contribution >= 4 is 11.5 Å². The van der Waals surface area contributed by atoms with Crippen LogP contribution in [0.25, 0.3) is 0 Å². The monoisotopic (exact) mass is 461 g/mol. The number of ether oxygens (including phenoxy) is 2. The van der Waals surface area contributed by atoms with Crippen LogP contribution in [0, 0.1) is 5.92 Å². The highest BCUT2D eigenvalue weighted by Gasteiger charge is 2.47. The zero-order valence-electron chi connectivity index (χ0n) is 17.0. The van der Waals surface area contributed by atoms with E-state index in [4.69, 9.17) is 4.74 Å². The van der Waals surface area contributed by atoms with Crippen LogP contribution >= 0.6 is 0 Å². The third-order valence-electron chi connectivity index (χ3n) is 5.16. The van der Waals surface area contributed by atoms with Gasteiger partial charge in [0.15, 0.2) is 0 Å². The van der Waals surface area contributed by atoms with E-state index in [1.54, 1.807) is 23.1 Å². The zero-order valence-corrected chi connectivity index (χ0v) is 17.0. The van der Waals surface area contributed by atoms with Gasteiger partial charge < -0.3 is 14.4 Å². The SMILES string of the molecule is CC(=O)CC1CC(C(F)(F)F)CN1c1ccc(OCc2ccccc2OC(F)(F)F)cc1. The molecule has 2 aromatic carbocycles. The summed E-state index contributed by atoms with van der Waals surface area (Å²) in [5.74, 6) is -1.76. The maximum Gasteiger partial charge on any atom is 0.573 e. The number of hydrogen-bond acceptors (Lipinski definition) is 4. The normalized spacial score (nSPS) is 19.2. The summed E-state index contributed by atoms with van der Waals surface area (Å²) in [4.78, 5) is 13.1. The molecule has 1 aliphatic rings. The fourth-order valence-electron chi connectivity index (χ4n) is 3.74. The first-order valence-corrected chi connectivity index (χ1v) is 9.81. The molecule has 1 aliphatic heterocycles. The van der Waals surface area contributed by atoms with Gasteiger partial charge in [0.2, 0.25) is 0 Å². The molecule has 1 fully saturated rings. The summed E-state index contributed by atoms with van der Waals surface area (Å²) in [5.41, 5.74) is 0.694. The molecule has 10 heteroatoms. The van der Waals surface area contributed by atoms with Crippen LogP contribution < -0.4 is 14.4 Å². The smallest absolute Gasteiger partial charge is 0.489 e. The molecule has 0 radical (unpaired) electrons. The summed E-state index contributed by atoms with van der Waals surface area (Å²) in [6.45, 7) is 0.901. The number of alkyl halides is 6. The van der Waals surface area contributed by atoms with Crippen LogP contribution in [0.3, 0.4) is 0 Å². The molecule has 1 heterocycles. The van der Waals surface area contributed by atoms with Crippen molar-refractivity contribution in [3.63, 3.8) is 0 Å². The molecule has 4 nitrogen and oxygen atoms in total. The maximum atomic E-state index is 13.2. The van der Waals surface area contributed by atoms with Crippen molar-refractivity contribution in [2.45, 2.75) is 45.0 Å². The van der Waals surface area contributed by atoms with Crippen molar-refractivity contribution in [3.05, 3.63) is 54.1 Å². The Kier molecular flexibility index (Phi) is 6.90. The second-order valence-corrected chi connectivity index (χ2v) is 7.62. The number of benzene rings is 2. The van der Waals surface area contributed by atoms with Crippen molar-refractivity contribution in [1.29, 1.82) is 0 Å². The van der Waals surface area contributed by atoms with E-state index in [9.17, 15) is 31.1 Å². The van der Waals surface area contributed by atoms with E-state index >= 15 is 0 Å². The lowest BCUT2D eigenvalue weighted by atomic mass is 10.0. The fourth-order valence-corrected chi connectivity index (χ4v) is 3.74. The first kappa shape index (κ1) is 23.7. The van der Waals surface area contributed by atoms with Crippen LogP contribution in [0.5, 0.6) is 11.5 Å². The first-order chi connectivity index (χ1) is 14.9. The Morgan fingerprint density at radius 1 is 1.03 bits per heavy atom. The lowest BCUT2D eigenvalue weighted by molar-refractivity contribution is -0.275. The molecule has 174 valence electrons. The number of Topliss-reactive ketones (excluding diaryl/α,β-unsaturated/α-hetero) is 1. The van der Waals surface area contributed by atoms with Gasteiger partial charge in [0, 0.05) is 30.3 Å². The Labute approximate surface area is 180 Å². The summed E-state index contributed by atoms with van der Waals surface area (Å²) < 4.78 is 86.7. The molecule has 0 spiro atoms. The van der Waals surface area contributed by atoms with E-state index in [1.165, 1.54) is 37.3 Å². The third kappa shape index (κ3) is 6.30. The topological polar surface area (TPSA) is 38.8 Å². The lowest BCUT2D eigenvalue weighted by Crippen LogP contribution is -2.31. The molecule has 0 aliphatic carbocycles. The summed E-state index contributed by atoms with van der Waals surface area (Å²) in [6, 6.07) is 11.2. The van der Waals surface area contributed by atoms with E-state index in [0.29, 0.717) is 11.4 Å². The van der Waals surface area contributed by atoms with Crippen molar-refractivity contribution < 1.29 is 40.6 Å². The van der Waals surface area contributed by atoms with Gasteiger partial charge in [-0.05, 0) is 43.7 Å². The van der Waals surface area contributed by atoms with E-state index < -0.39 is 24.5 Å². The number of para-hydroxylation sites is 1. The Hall–Kier alpha value is -2.91. The van der Waals surface area contributed by atoms with Crippen LogP contribution in [0.1, 0.15) is 25.3 Å². The molecular formula is C22H21F6NO3. The summed E-state index contributed by atoms with van der Waals surface area (Å²) in [7, 11) is 0. The Balaban J connectivity index is 1.69. The van der Waals surface area contributed by atoms with Crippen molar-refractivity contribution in [2.75, 3.05) is 11.4 Å². The van der Waals surface area contributed by atoms with Gasteiger partial charge in [-0.1, -0.05) is 18.2 Å². The summed E-state index contributed by atoms with van der Waals surface area (Å²) in [5, 5.41) is 0. The van der Waals surface area contributed by atoms with Gasteiger partial charge in [-0.25, -0.2) is 0 Å². The second kappa shape index (κ2) is 9.30. The molecule has 0 bridgehead atoms. The van der Waals surface area contributed by atoms with Crippen LogP contribution in [-0.4, -0.2) is 30.9 Å². The van der Waals surface area contributed by atoms with Crippen LogP contribution in [0.4, 0.5) is 32.0 Å². The average Bonchev–Trinajstić information content (AvgIpc) is 3.10. The Morgan fingerprint density at radius 2 is 1.69 bits per heavy atom. The molecule has 0 aromatic heterocycles. The number of nitrogens with zero attached hydrogens (tertiary/aromatic N) is 1. The van der Waals surface area contributed by atoms with Gasteiger partial charge in [-0.3, -0.25) is 4.79 Å². The molecule has 32 heavy (non-hydrogen) atoms. The van der Waals surface area contributed by atoms with Gasteiger partial charge in [0.05, 0.1) is 5.92 Å². The van der Waals surface area contributed by atoms with Gasteiger partial charge in [-0.15, -0.1) is 13.2 Å². The van der Waals surface area contributed by atoms with Crippen LogP contribution in [0.2, 0.25) is 0 Å². The minimum Gasteiger partial charge on any atom is -0.489 e. The minimum absolute atomic E-state index is 0.0147. The molecule has 2 unspecified atom stereocenters. The number of hydrogen-bond donors (Lipinski definition) is 0. The second-order valence-electron chi connectivity index (χ2n) is 7.62. The number of carbonyl (C=O) groups excluding carboxylic acids is 1. The molecule has 0 amide bonds. The van der Waals surface area contributed by atoms with Gasteiger partial charge in [-0.2, -0.15) is 13.2 Å². The molecule has 3 rings (SSSR count). The van der Waals surface area contributed by atoms with Gasteiger partial charge >= 0.3 is 12.5 Å². The summed E-state index contributed by atoms with van der Waals surface area (Å²) >= 11 is 0. The number of carbonyl (C=O) groups is 1. The van der Waals surface area contributed by atoms with E-state index in [2.05, 4.69) is 4.74 Å². The van der Waals surface area contributed by atoms with Crippen molar-refractivity contribution in [3.8, 4) is 11.5 Å². The lowest BCUT2D eigenvalue weighted by Gasteiger charge is -2.26. The average molecular weight is 461 g/mol. The highest BCUT2D eigenvalue weighted by atomic mass is 19.4. The molecule has 2 aromatic rings. The quantitative estimate of drug-likeness (QED) is 0.482.